The van der Waals surface area contributed by atoms with Crippen LogP contribution in [-0.4, -0.2) is 31.2 Å². The molecule has 1 amide bonds. The van der Waals surface area contributed by atoms with Gasteiger partial charge in [-0.1, -0.05) is 24.3 Å². The summed E-state index contributed by atoms with van der Waals surface area (Å²) in [6.45, 7) is 2.77. The number of hydrogen-bond acceptors (Lipinski definition) is 3. The van der Waals surface area contributed by atoms with Gasteiger partial charge in [0.2, 0.25) is 5.91 Å². The molecule has 0 radical (unpaired) electrons. The molecule has 148 valence electrons. The summed E-state index contributed by atoms with van der Waals surface area (Å²) < 4.78 is 12.8. The molecular formula is C23H28N2O3. The van der Waals surface area contributed by atoms with E-state index in [1.54, 1.807) is 14.2 Å². The summed E-state index contributed by atoms with van der Waals surface area (Å²) in [6.07, 6.45) is 1.94. The number of carbonyl (C=O) groups is 1. The molecule has 1 N–H and O–H groups in total. The Kier molecular flexibility index (Phi) is 6.24. The highest BCUT2D eigenvalue weighted by Gasteiger charge is 2.12. The summed E-state index contributed by atoms with van der Waals surface area (Å²) >= 11 is 0. The Balaban J connectivity index is 1.54. The smallest absolute Gasteiger partial charge is 0.220 e. The molecular weight excluding hydrogens is 352 g/mol. The van der Waals surface area contributed by atoms with E-state index in [2.05, 4.69) is 48.1 Å². The van der Waals surface area contributed by atoms with E-state index >= 15 is 0 Å². The molecule has 5 nitrogen and oxygen atoms in total. The van der Waals surface area contributed by atoms with E-state index in [-0.39, 0.29) is 5.91 Å². The van der Waals surface area contributed by atoms with Crippen LogP contribution in [0, 0.1) is 6.92 Å². The lowest BCUT2D eigenvalue weighted by atomic mass is 10.1. The number of hydrogen-bond donors (Lipinski definition) is 1. The Morgan fingerprint density at radius 2 is 1.79 bits per heavy atom. The lowest BCUT2D eigenvalue weighted by molar-refractivity contribution is -0.121. The minimum Gasteiger partial charge on any atom is -0.493 e. The van der Waals surface area contributed by atoms with Crippen molar-refractivity contribution in [2.45, 2.75) is 26.2 Å². The molecule has 3 aromatic rings. The second-order valence-electron chi connectivity index (χ2n) is 6.93. The molecule has 5 heteroatoms. The maximum atomic E-state index is 12.3. The second kappa shape index (κ2) is 8.83. The number of methoxy groups -OCH3 is 2. The largest absolute Gasteiger partial charge is 0.493 e. The monoisotopic (exact) mass is 380 g/mol. The van der Waals surface area contributed by atoms with E-state index in [4.69, 9.17) is 9.47 Å². The van der Waals surface area contributed by atoms with Crippen LogP contribution in [0.2, 0.25) is 0 Å². The number of ether oxygens (including phenoxy) is 2. The molecule has 2 aromatic carbocycles. The fourth-order valence-corrected chi connectivity index (χ4v) is 3.62. The first kappa shape index (κ1) is 19.8. The molecule has 0 spiro atoms. The first-order valence-corrected chi connectivity index (χ1v) is 9.55. The van der Waals surface area contributed by atoms with Gasteiger partial charge in [0.1, 0.15) is 0 Å². The highest BCUT2D eigenvalue weighted by molar-refractivity contribution is 5.85. The zero-order chi connectivity index (χ0) is 20.1. The van der Waals surface area contributed by atoms with Gasteiger partial charge in [0.15, 0.2) is 11.5 Å². The number of aromatic nitrogens is 1. The summed E-state index contributed by atoms with van der Waals surface area (Å²) in [5, 5.41) is 4.32. The number of fused-ring (bicyclic) bond motifs is 1. The van der Waals surface area contributed by atoms with E-state index in [9.17, 15) is 4.79 Å². The van der Waals surface area contributed by atoms with Crippen LogP contribution in [0.25, 0.3) is 10.9 Å². The van der Waals surface area contributed by atoms with E-state index in [1.165, 1.54) is 22.2 Å². The van der Waals surface area contributed by atoms with Crippen molar-refractivity contribution in [1.82, 2.24) is 9.88 Å². The summed E-state index contributed by atoms with van der Waals surface area (Å²) in [5.74, 6) is 1.45. The first-order chi connectivity index (χ1) is 13.5. The Morgan fingerprint density at radius 1 is 1.04 bits per heavy atom. The molecule has 0 atom stereocenters. The van der Waals surface area contributed by atoms with Crippen LogP contribution >= 0.6 is 0 Å². The number of amides is 1. The van der Waals surface area contributed by atoms with Gasteiger partial charge in [-0.15, -0.1) is 0 Å². The van der Waals surface area contributed by atoms with Crippen LogP contribution in [0.1, 0.15) is 23.2 Å². The van der Waals surface area contributed by atoms with Gasteiger partial charge in [0, 0.05) is 36.6 Å². The number of nitrogens with one attached hydrogen (secondary N) is 1. The molecule has 0 unspecified atom stereocenters. The Hall–Kier alpha value is -2.95. The van der Waals surface area contributed by atoms with Crippen molar-refractivity contribution in [2.75, 3.05) is 20.8 Å². The van der Waals surface area contributed by atoms with Crippen molar-refractivity contribution < 1.29 is 14.3 Å². The summed E-state index contributed by atoms with van der Waals surface area (Å²) in [7, 11) is 5.31. The number of rotatable bonds is 8. The predicted molar refractivity (Wildman–Crippen MR) is 112 cm³/mol. The van der Waals surface area contributed by atoms with Crippen molar-refractivity contribution in [2.24, 2.45) is 7.05 Å². The predicted octanol–water partition coefficient (Wildman–Crippen LogP) is 3.80. The highest BCUT2D eigenvalue weighted by atomic mass is 16.5. The molecule has 28 heavy (non-hydrogen) atoms. The molecule has 0 fully saturated rings. The van der Waals surface area contributed by atoms with Crippen LogP contribution in [0.4, 0.5) is 0 Å². The van der Waals surface area contributed by atoms with Gasteiger partial charge in [-0.25, -0.2) is 0 Å². The third-order valence-electron chi connectivity index (χ3n) is 5.32. The first-order valence-electron chi connectivity index (χ1n) is 9.55. The molecule has 0 aliphatic rings. The number of para-hydroxylation sites is 1. The topological polar surface area (TPSA) is 52.5 Å². The Bertz CT molecular complexity index is 975. The number of nitrogens with zero attached hydrogens (tertiary/aromatic N) is 1. The minimum absolute atomic E-state index is 0.0627. The van der Waals surface area contributed by atoms with Crippen LogP contribution in [0.15, 0.2) is 42.5 Å². The fourth-order valence-electron chi connectivity index (χ4n) is 3.62. The van der Waals surface area contributed by atoms with Crippen LogP contribution in [-0.2, 0) is 24.7 Å². The van der Waals surface area contributed by atoms with Crippen LogP contribution in [0.3, 0.4) is 0 Å². The maximum absolute atomic E-state index is 12.3. The van der Waals surface area contributed by atoms with Crippen LogP contribution in [0.5, 0.6) is 11.5 Å². The van der Waals surface area contributed by atoms with Gasteiger partial charge in [-0.2, -0.15) is 0 Å². The summed E-state index contributed by atoms with van der Waals surface area (Å²) in [4.78, 5) is 12.3. The summed E-state index contributed by atoms with van der Waals surface area (Å²) in [5.41, 5.74) is 4.84. The molecule has 0 bridgehead atoms. The van der Waals surface area contributed by atoms with Gasteiger partial charge in [0.25, 0.3) is 0 Å². The summed E-state index contributed by atoms with van der Waals surface area (Å²) in [6, 6.07) is 14.2. The average molecular weight is 380 g/mol. The van der Waals surface area contributed by atoms with Gasteiger partial charge >= 0.3 is 0 Å². The quantitative estimate of drug-likeness (QED) is 0.647. The Morgan fingerprint density at radius 3 is 2.54 bits per heavy atom. The van der Waals surface area contributed by atoms with Crippen molar-refractivity contribution in [3.8, 4) is 11.5 Å². The van der Waals surface area contributed by atoms with E-state index in [0.29, 0.717) is 30.9 Å². The lowest BCUT2D eigenvalue weighted by Crippen LogP contribution is -2.26. The van der Waals surface area contributed by atoms with E-state index < -0.39 is 0 Å². The zero-order valence-corrected chi connectivity index (χ0v) is 17.0. The highest BCUT2D eigenvalue weighted by Crippen LogP contribution is 2.28. The maximum Gasteiger partial charge on any atom is 0.220 e. The van der Waals surface area contributed by atoms with E-state index in [1.807, 2.05) is 18.2 Å². The average Bonchev–Trinajstić information content (AvgIpc) is 2.97. The normalized spacial score (nSPS) is 10.9. The van der Waals surface area contributed by atoms with Gasteiger partial charge in [0.05, 0.1) is 14.2 Å². The van der Waals surface area contributed by atoms with Crippen LogP contribution < -0.4 is 14.8 Å². The van der Waals surface area contributed by atoms with Crippen molar-refractivity contribution in [3.05, 3.63) is 59.3 Å². The van der Waals surface area contributed by atoms with Gasteiger partial charge in [-0.05, 0) is 49.1 Å². The van der Waals surface area contributed by atoms with Crippen molar-refractivity contribution >= 4 is 16.8 Å². The molecule has 0 aliphatic carbocycles. The van der Waals surface area contributed by atoms with Gasteiger partial charge < -0.3 is 19.4 Å². The zero-order valence-electron chi connectivity index (χ0n) is 17.0. The number of aryl methyl sites for hydroxylation is 2. The molecule has 1 heterocycles. The Labute approximate surface area is 166 Å². The molecule has 0 saturated heterocycles. The molecule has 3 rings (SSSR count). The number of carbonyl (C=O) groups excluding carboxylic acids is 1. The standard InChI is InChI=1S/C23H28N2O3/c1-16-18(19-7-5-6-8-20(19)25(16)2)13-14-24-23(26)12-10-17-9-11-21(27-3)22(15-17)28-4/h5-9,11,15H,10,12-14H2,1-4H3,(H,24,26). The minimum atomic E-state index is 0.0627. The van der Waals surface area contributed by atoms with Crippen molar-refractivity contribution in [1.29, 1.82) is 0 Å². The van der Waals surface area contributed by atoms with E-state index in [0.717, 1.165) is 12.0 Å². The second-order valence-corrected chi connectivity index (χ2v) is 6.93. The molecule has 0 aliphatic heterocycles. The third kappa shape index (κ3) is 4.14. The molecule has 0 saturated carbocycles. The lowest BCUT2D eigenvalue weighted by Gasteiger charge is -2.10. The fraction of sp³-hybridized carbons (Fsp3) is 0.348. The number of benzene rings is 2. The SMILES string of the molecule is COc1ccc(CCC(=O)NCCc2c(C)n(C)c3ccccc23)cc1OC. The third-order valence-corrected chi connectivity index (χ3v) is 5.32. The van der Waals surface area contributed by atoms with Crippen molar-refractivity contribution in [3.63, 3.8) is 0 Å². The van der Waals surface area contributed by atoms with Gasteiger partial charge in [-0.3, -0.25) is 4.79 Å². The molecule has 1 aromatic heterocycles.